The standard InChI is InChI=1S/C24H34ClN3/c1-9-17(6)27-22-14-26-24(20-10-12-21(25)13-11-20)23(18(7)15(2)3)19(8)28(22)16(4)5/h10-13,16-17H,9,14H2,1-8H3/b27-22-. The fourth-order valence-electron chi connectivity index (χ4n) is 3.47. The van der Waals surface area contributed by atoms with E-state index in [-0.39, 0.29) is 6.04 Å². The number of hydrogen-bond acceptors (Lipinski definition) is 2. The van der Waals surface area contributed by atoms with Crippen LogP contribution in [0.2, 0.25) is 5.02 Å². The number of benzene rings is 1. The quantitative estimate of drug-likeness (QED) is 0.542. The molecule has 1 aliphatic rings. The molecule has 152 valence electrons. The lowest BCUT2D eigenvalue weighted by Gasteiger charge is -2.31. The van der Waals surface area contributed by atoms with Crippen molar-refractivity contribution in [3.63, 3.8) is 0 Å². The van der Waals surface area contributed by atoms with Crippen molar-refractivity contribution in [2.45, 2.75) is 73.9 Å². The first kappa shape index (κ1) is 22.4. The van der Waals surface area contributed by atoms with Gasteiger partial charge in [0.2, 0.25) is 0 Å². The second-order valence-electron chi connectivity index (χ2n) is 8.02. The second kappa shape index (κ2) is 9.56. The highest BCUT2D eigenvalue weighted by atomic mass is 35.5. The lowest BCUT2D eigenvalue weighted by Crippen LogP contribution is -2.37. The molecule has 1 heterocycles. The van der Waals surface area contributed by atoms with Crippen LogP contribution in [-0.2, 0) is 0 Å². The molecule has 0 spiro atoms. The lowest BCUT2D eigenvalue weighted by molar-refractivity contribution is 0.416. The Morgan fingerprint density at radius 2 is 1.75 bits per heavy atom. The van der Waals surface area contributed by atoms with E-state index in [1.165, 1.54) is 22.4 Å². The number of amidine groups is 1. The first-order chi connectivity index (χ1) is 13.2. The van der Waals surface area contributed by atoms with Crippen molar-refractivity contribution in [1.82, 2.24) is 4.90 Å². The van der Waals surface area contributed by atoms with Crippen LogP contribution in [0.25, 0.3) is 0 Å². The average molecular weight is 400 g/mol. The summed E-state index contributed by atoms with van der Waals surface area (Å²) >= 11 is 6.13. The van der Waals surface area contributed by atoms with Crippen molar-refractivity contribution in [2.75, 3.05) is 6.54 Å². The van der Waals surface area contributed by atoms with E-state index in [9.17, 15) is 0 Å². The number of halogens is 1. The Hall–Kier alpha value is -1.87. The summed E-state index contributed by atoms with van der Waals surface area (Å²) in [5, 5.41) is 0.738. The number of nitrogens with zero attached hydrogens (tertiary/aromatic N) is 3. The average Bonchev–Trinajstić information content (AvgIpc) is 2.77. The van der Waals surface area contributed by atoms with Crippen LogP contribution >= 0.6 is 11.6 Å². The van der Waals surface area contributed by atoms with Crippen LogP contribution in [-0.4, -0.2) is 35.1 Å². The molecular formula is C24H34ClN3. The van der Waals surface area contributed by atoms with Gasteiger partial charge in [-0.2, -0.15) is 0 Å². The summed E-state index contributed by atoms with van der Waals surface area (Å²) in [7, 11) is 0. The van der Waals surface area contributed by atoms with Crippen LogP contribution < -0.4 is 0 Å². The first-order valence-corrected chi connectivity index (χ1v) is 10.6. The van der Waals surface area contributed by atoms with Gasteiger partial charge in [-0.15, -0.1) is 0 Å². The Morgan fingerprint density at radius 1 is 1.14 bits per heavy atom. The van der Waals surface area contributed by atoms with E-state index >= 15 is 0 Å². The van der Waals surface area contributed by atoms with E-state index < -0.39 is 0 Å². The second-order valence-corrected chi connectivity index (χ2v) is 8.46. The van der Waals surface area contributed by atoms with Crippen LogP contribution in [0.4, 0.5) is 0 Å². The fraction of sp³-hybridized carbons (Fsp3) is 0.500. The molecule has 28 heavy (non-hydrogen) atoms. The molecule has 4 heteroatoms. The summed E-state index contributed by atoms with van der Waals surface area (Å²) < 4.78 is 0. The summed E-state index contributed by atoms with van der Waals surface area (Å²) in [6, 6.07) is 8.58. The predicted octanol–water partition coefficient (Wildman–Crippen LogP) is 6.68. The van der Waals surface area contributed by atoms with Gasteiger partial charge in [0.15, 0.2) is 0 Å². The van der Waals surface area contributed by atoms with Crippen LogP contribution in [0.3, 0.4) is 0 Å². The summed E-state index contributed by atoms with van der Waals surface area (Å²) in [5.74, 6) is 1.05. The molecule has 0 aromatic heterocycles. The zero-order valence-corrected chi connectivity index (χ0v) is 19.4. The number of allylic oxidation sites excluding steroid dienone is 4. The maximum Gasteiger partial charge on any atom is 0.125 e. The van der Waals surface area contributed by atoms with Gasteiger partial charge in [0.05, 0.1) is 12.3 Å². The molecule has 0 N–H and O–H groups in total. The van der Waals surface area contributed by atoms with Crippen molar-refractivity contribution in [3.8, 4) is 0 Å². The maximum atomic E-state index is 6.13. The molecule has 1 unspecified atom stereocenters. The minimum absolute atomic E-state index is 0.282. The predicted molar refractivity (Wildman–Crippen MR) is 124 cm³/mol. The van der Waals surface area contributed by atoms with Crippen molar-refractivity contribution in [3.05, 3.63) is 57.3 Å². The highest BCUT2D eigenvalue weighted by molar-refractivity contribution is 6.30. The van der Waals surface area contributed by atoms with E-state index in [4.69, 9.17) is 21.6 Å². The zero-order valence-electron chi connectivity index (χ0n) is 18.6. The van der Waals surface area contributed by atoms with E-state index in [0.29, 0.717) is 12.6 Å². The van der Waals surface area contributed by atoms with Crippen LogP contribution in [0.5, 0.6) is 0 Å². The van der Waals surface area contributed by atoms with Crippen molar-refractivity contribution < 1.29 is 0 Å². The monoisotopic (exact) mass is 399 g/mol. The maximum absolute atomic E-state index is 6.13. The molecule has 2 rings (SSSR count). The van der Waals surface area contributed by atoms with E-state index in [1.54, 1.807) is 0 Å². The molecule has 0 aliphatic carbocycles. The highest BCUT2D eigenvalue weighted by Gasteiger charge is 2.27. The molecule has 3 nitrogen and oxygen atoms in total. The lowest BCUT2D eigenvalue weighted by atomic mass is 9.92. The first-order valence-electron chi connectivity index (χ1n) is 10.2. The van der Waals surface area contributed by atoms with Crippen molar-refractivity contribution in [2.24, 2.45) is 9.98 Å². The van der Waals surface area contributed by atoms with Gasteiger partial charge in [0, 0.05) is 33.9 Å². The van der Waals surface area contributed by atoms with Gasteiger partial charge in [-0.05, 0) is 72.6 Å². The SMILES string of the molecule is CCC(C)/N=C1/CN=C(c2ccc(Cl)cc2)C(C(C)=C(C)C)=C(C)N1C(C)C. The molecule has 1 atom stereocenters. The zero-order chi connectivity index (χ0) is 21.0. The number of rotatable bonds is 5. The summed E-state index contributed by atoms with van der Waals surface area (Å²) in [5.41, 5.74) is 7.08. The molecule has 0 amide bonds. The molecule has 0 fully saturated rings. The van der Waals surface area contributed by atoms with Gasteiger partial charge in [-0.25, -0.2) is 0 Å². The smallest absolute Gasteiger partial charge is 0.125 e. The van der Waals surface area contributed by atoms with Crippen molar-refractivity contribution in [1.29, 1.82) is 0 Å². The summed E-state index contributed by atoms with van der Waals surface area (Å²) in [4.78, 5) is 12.4. The van der Waals surface area contributed by atoms with Crippen LogP contribution in [0.15, 0.2) is 56.7 Å². The molecule has 1 aromatic rings. The van der Waals surface area contributed by atoms with Gasteiger partial charge in [-0.3, -0.25) is 9.98 Å². The van der Waals surface area contributed by atoms with E-state index in [2.05, 4.69) is 72.4 Å². The Kier molecular flexibility index (Phi) is 7.65. The Bertz CT molecular complexity index is 822. The largest absolute Gasteiger partial charge is 0.329 e. The van der Waals surface area contributed by atoms with Gasteiger partial charge in [-0.1, -0.05) is 36.2 Å². The molecule has 1 aliphatic heterocycles. The van der Waals surface area contributed by atoms with Gasteiger partial charge in [0.1, 0.15) is 5.84 Å². The minimum Gasteiger partial charge on any atom is -0.329 e. The number of hydrogen-bond donors (Lipinski definition) is 0. The molecule has 0 saturated carbocycles. The molecular weight excluding hydrogens is 366 g/mol. The van der Waals surface area contributed by atoms with Crippen molar-refractivity contribution >= 4 is 23.1 Å². The Balaban J connectivity index is 2.78. The molecule has 0 radical (unpaired) electrons. The Morgan fingerprint density at radius 3 is 2.25 bits per heavy atom. The third-order valence-corrected chi connectivity index (χ3v) is 5.59. The topological polar surface area (TPSA) is 28.0 Å². The third kappa shape index (κ3) is 4.94. The Labute approximate surface area is 175 Å². The summed E-state index contributed by atoms with van der Waals surface area (Å²) in [6.07, 6.45) is 1.02. The van der Waals surface area contributed by atoms with E-state index in [1.807, 2.05) is 12.1 Å². The van der Waals surface area contributed by atoms with Gasteiger partial charge in [0.25, 0.3) is 0 Å². The highest BCUT2D eigenvalue weighted by Crippen LogP contribution is 2.29. The fourth-order valence-corrected chi connectivity index (χ4v) is 3.59. The van der Waals surface area contributed by atoms with Crippen LogP contribution in [0, 0.1) is 0 Å². The minimum atomic E-state index is 0.282. The van der Waals surface area contributed by atoms with Crippen LogP contribution in [0.1, 0.15) is 67.4 Å². The molecule has 0 bridgehead atoms. The molecule has 1 aromatic carbocycles. The summed E-state index contributed by atoms with van der Waals surface area (Å²) in [6.45, 7) is 18.1. The normalized spacial score (nSPS) is 17.7. The van der Waals surface area contributed by atoms with Gasteiger partial charge < -0.3 is 4.90 Å². The molecule has 0 saturated heterocycles. The van der Waals surface area contributed by atoms with E-state index in [0.717, 1.165) is 28.6 Å². The third-order valence-electron chi connectivity index (χ3n) is 5.34. The number of aliphatic imine (C=N–C) groups is 2. The van der Waals surface area contributed by atoms with Gasteiger partial charge >= 0.3 is 0 Å².